The first kappa shape index (κ1) is 72.3. The molecule has 0 atom stereocenters. The maximum atomic E-state index is 13.9. The van der Waals surface area contributed by atoms with Gasteiger partial charge in [-0.05, 0) is 202 Å². The Morgan fingerprint density at radius 2 is 0.878 bits per heavy atom. The van der Waals surface area contributed by atoms with E-state index in [-0.39, 0.29) is 35.0 Å². The lowest BCUT2D eigenvalue weighted by molar-refractivity contribution is -0.138. The van der Waals surface area contributed by atoms with Crippen LogP contribution in [0.2, 0.25) is 0 Å². The summed E-state index contributed by atoms with van der Waals surface area (Å²) in [7, 11) is 0. The van der Waals surface area contributed by atoms with Crippen LogP contribution < -0.4 is 25.8 Å². The van der Waals surface area contributed by atoms with E-state index in [1.165, 1.54) is 59.8 Å². The van der Waals surface area contributed by atoms with Crippen LogP contribution in [0.4, 0.5) is 75.5 Å². The summed E-state index contributed by atoms with van der Waals surface area (Å²) >= 11 is 10.1. The highest BCUT2D eigenvalue weighted by molar-refractivity contribution is 9.11. The molecule has 0 aliphatic carbocycles. The number of carbonyl (C=O) groups is 5. The van der Waals surface area contributed by atoms with E-state index in [2.05, 4.69) is 93.6 Å². The Hall–Kier alpha value is -9.99. The van der Waals surface area contributed by atoms with Crippen molar-refractivity contribution < 1.29 is 59.1 Å². The second kappa shape index (κ2) is 29.4. The fourth-order valence-corrected chi connectivity index (χ4v) is 12.7. The fraction of sp³-hybridized carbons (Fsp3) is 0.169. The number of hydrogen-bond donors (Lipinski definition) is 3. The molecule has 0 radical (unpaired) electrons. The number of hydrogen-bond acceptors (Lipinski definition) is 11. The normalized spacial score (nSPS) is 14.2. The Balaban J connectivity index is 0.000000158. The number of rotatable bonds is 7. The third kappa shape index (κ3) is 15.9. The van der Waals surface area contributed by atoms with E-state index in [0.717, 1.165) is 73.9 Å². The van der Waals surface area contributed by atoms with Gasteiger partial charge in [-0.25, -0.2) is 48.5 Å². The minimum absolute atomic E-state index is 0.0133. The van der Waals surface area contributed by atoms with Crippen molar-refractivity contribution in [1.29, 1.82) is 0 Å². The zero-order valence-electron chi connectivity index (χ0n) is 52.8. The van der Waals surface area contributed by atoms with Gasteiger partial charge in [-0.2, -0.15) is 26.3 Å². The van der Waals surface area contributed by atoms with Crippen molar-refractivity contribution in [3.63, 3.8) is 0 Å². The van der Waals surface area contributed by atoms with Crippen LogP contribution >= 0.6 is 47.8 Å². The number of alkyl halides is 6. The van der Waals surface area contributed by atoms with Gasteiger partial charge in [-0.1, -0.05) is 73.8 Å². The molecule has 13 rings (SSSR count). The number of benzene rings is 7. The topological polar surface area (TPSA) is 205 Å². The van der Waals surface area contributed by atoms with Crippen LogP contribution in [0.1, 0.15) is 95.6 Å². The molecule has 0 bridgehead atoms. The zero-order valence-corrected chi connectivity index (χ0v) is 57.5. The van der Waals surface area contributed by atoms with Crippen molar-refractivity contribution in [2.75, 3.05) is 25.8 Å². The van der Waals surface area contributed by atoms with Crippen LogP contribution in [0.25, 0.3) is 11.1 Å². The quantitative estimate of drug-likeness (QED) is 0.101. The van der Waals surface area contributed by atoms with Gasteiger partial charge in [-0.3, -0.25) is 24.0 Å². The van der Waals surface area contributed by atoms with Crippen molar-refractivity contribution in [3.8, 4) is 11.1 Å². The Labute approximate surface area is 581 Å². The summed E-state index contributed by atoms with van der Waals surface area (Å²) in [5.74, 6) is -2.61. The molecule has 3 aliphatic heterocycles. The summed E-state index contributed by atoms with van der Waals surface area (Å²) in [6.45, 7) is 12.7. The Morgan fingerprint density at radius 1 is 0.469 bits per heavy atom. The highest BCUT2D eigenvalue weighted by Crippen LogP contribution is 2.51. The maximum Gasteiger partial charge on any atom is 0.417 e. The molecule has 98 heavy (non-hydrogen) atoms. The first-order chi connectivity index (χ1) is 46.2. The molecule has 0 fully saturated rings. The third-order valence-corrected chi connectivity index (χ3v) is 17.3. The van der Waals surface area contributed by atoms with Gasteiger partial charge < -0.3 is 16.0 Å². The molecule has 3 aromatic heterocycles. The maximum absolute atomic E-state index is 13.9. The number of halogens is 11. The molecule has 0 unspecified atom stereocenters. The van der Waals surface area contributed by atoms with Crippen LogP contribution in [0.5, 0.6) is 0 Å². The standard InChI is InChI=1S/C28H20F4N4O2.C15H11F4NO.C14H12BrN3O.C10H10BrNO.C4H3BrN2/c1-27(2)23-19(5-3-6-22(23)36(25(27)38)26-33-13-4-14-34-26)16-7-12-21(28(30,31)32)20(15-16)24(37)35-18-10-8-17(29)9-11-18;1-9-2-7-13(15(17,18)19)12(8-9)14(21)20-11-5-3-10(16)4-6-11;1-14(2)11-9(15)5-3-6-10(11)18(12(14)19)13-16-7-4-8-17-13;1-10(2)8-6(11)4-3-5-7(8)12-9(10)13;5-4-6-2-1-3-7-4/h3-15H,1-2H3,(H,35,37);2-8H,1H3,(H,20,21);3-8H,1-2H3;3-5H,1-2H3,(H,12,13);1-3H. The molecule has 502 valence electrons. The molecule has 10 aromatic rings. The van der Waals surface area contributed by atoms with Gasteiger partial charge in [0, 0.05) is 74.3 Å². The van der Waals surface area contributed by atoms with Crippen LogP contribution in [0.15, 0.2) is 209 Å². The lowest BCUT2D eigenvalue weighted by Gasteiger charge is -2.21. The van der Waals surface area contributed by atoms with E-state index in [1.54, 1.807) is 86.9 Å². The molecule has 0 saturated carbocycles. The minimum Gasteiger partial charge on any atom is -0.325 e. The Bertz CT molecular complexity index is 4630. The van der Waals surface area contributed by atoms with Gasteiger partial charge in [0.25, 0.3) is 11.8 Å². The highest BCUT2D eigenvalue weighted by atomic mass is 79.9. The van der Waals surface area contributed by atoms with Gasteiger partial charge in [0.2, 0.25) is 29.6 Å². The molecule has 7 aromatic carbocycles. The minimum atomic E-state index is -4.80. The summed E-state index contributed by atoms with van der Waals surface area (Å²) in [5, 5.41) is 7.58. The van der Waals surface area contributed by atoms with Gasteiger partial charge in [0.1, 0.15) is 11.6 Å². The molecule has 16 nitrogen and oxygen atoms in total. The first-order valence-electron chi connectivity index (χ1n) is 29.4. The number of amides is 5. The molecular formula is C71H56Br3F8N11O5. The van der Waals surface area contributed by atoms with Crippen molar-refractivity contribution in [1.82, 2.24) is 29.9 Å². The molecule has 3 N–H and O–H groups in total. The zero-order chi connectivity index (χ0) is 71.2. The van der Waals surface area contributed by atoms with Gasteiger partial charge in [0.15, 0.2) is 4.73 Å². The van der Waals surface area contributed by atoms with E-state index < -0.39 is 74.3 Å². The Kier molecular flexibility index (Phi) is 21.7. The number of aryl methyl sites for hydroxylation is 1. The summed E-state index contributed by atoms with van der Waals surface area (Å²) in [4.78, 5) is 90.0. The lowest BCUT2D eigenvalue weighted by Crippen LogP contribution is -2.34. The monoisotopic (exact) mass is 1530 g/mol. The van der Waals surface area contributed by atoms with E-state index >= 15 is 0 Å². The van der Waals surface area contributed by atoms with Crippen molar-refractivity contribution >= 4 is 118 Å². The number of aromatic nitrogens is 6. The third-order valence-electron chi connectivity index (χ3n) is 15.5. The van der Waals surface area contributed by atoms with Gasteiger partial charge in [0.05, 0.1) is 49.9 Å². The number of carbonyl (C=O) groups excluding carboxylic acids is 5. The molecule has 27 heteroatoms. The van der Waals surface area contributed by atoms with Crippen LogP contribution in [-0.4, -0.2) is 59.4 Å². The van der Waals surface area contributed by atoms with Crippen molar-refractivity contribution in [3.05, 3.63) is 265 Å². The largest absolute Gasteiger partial charge is 0.417 e. The van der Waals surface area contributed by atoms with Crippen LogP contribution in [0.3, 0.4) is 0 Å². The number of fused-ring (bicyclic) bond motifs is 3. The van der Waals surface area contributed by atoms with Gasteiger partial charge >= 0.3 is 12.4 Å². The SMILES string of the molecule is Brc1ncccn1.CC1(C)C(=O)N(c2ncccn2)c2cccc(-c3ccc(C(F)(F)F)c(C(=O)Nc4ccc(F)cc4)c3)c21.CC1(C)C(=O)N(c2ncccn2)c2cccc(Br)c21.CC1(C)C(=O)Nc2cccc(Br)c21.Cc1ccc(C(F)(F)F)c(C(=O)Nc2ccc(F)cc2)c1. The van der Waals surface area contributed by atoms with Crippen LogP contribution in [0, 0.1) is 18.6 Å². The molecule has 5 amide bonds. The second-order valence-corrected chi connectivity index (χ2v) is 25.9. The van der Waals surface area contributed by atoms with E-state index in [4.69, 9.17) is 0 Å². The van der Waals surface area contributed by atoms with Crippen molar-refractivity contribution in [2.45, 2.75) is 77.1 Å². The van der Waals surface area contributed by atoms with E-state index in [0.29, 0.717) is 38.6 Å². The lowest BCUT2D eigenvalue weighted by atomic mass is 9.81. The highest BCUT2D eigenvalue weighted by Gasteiger charge is 2.49. The van der Waals surface area contributed by atoms with E-state index in [9.17, 15) is 59.1 Å². The summed E-state index contributed by atoms with van der Waals surface area (Å²) in [6, 6.07) is 37.8. The Morgan fingerprint density at radius 3 is 1.33 bits per heavy atom. The smallest absolute Gasteiger partial charge is 0.325 e. The molecule has 0 spiro atoms. The molecular weight excluding hydrogens is 1480 g/mol. The van der Waals surface area contributed by atoms with Crippen molar-refractivity contribution in [2.24, 2.45) is 0 Å². The van der Waals surface area contributed by atoms with E-state index in [1.807, 2.05) is 64.1 Å². The van der Waals surface area contributed by atoms with Gasteiger partial charge in [-0.15, -0.1) is 0 Å². The molecule has 3 aliphatic rings. The number of anilines is 7. The average molecular weight is 1530 g/mol. The predicted octanol–water partition coefficient (Wildman–Crippen LogP) is 18.0. The summed E-state index contributed by atoms with van der Waals surface area (Å²) in [6.07, 6.45) is 0.219. The number of nitrogens with zero attached hydrogens (tertiary/aromatic N) is 8. The second-order valence-electron chi connectivity index (χ2n) is 23.4. The average Bonchev–Trinajstić information content (AvgIpc) is 1.57. The van der Waals surface area contributed by atoms with Crippen LogP contribution in [-0.2, 0) is 43.0 Å². The summed E-state index contributed by atoms with van der Waals surface area (Å²) in [5.41, 5.74) is 1.29. The number of nitrogens with one attached hydrogen (secondary N) is 3. The predicted molar refractivity (Wildman–Crippen MR) is 366 cm³/mol. The first-order valence-corrected chi connectivity index (χ1v) is 31.8. The molecule has 0 saturated heterocycles. The fourth-order valence-electron chi connectivity index (χ4n) is 10.8. The molecule has 6 heterocycles. The summed E-state index contributed by atoms with van der Waals surface area (Å²) < 4.78 is 109.